The summed E-state index contributed by atoms with van der Waals surface area (Å²) in [6.07, 6.45) is 0. The van der Waals surface area contributed by atoms with Gasteiger partial charge in [0.15, 0.2) is 10.7 Å². The Kier molecular flexibility index (Phi) is 5.53. The Morgan fingerprint density at radius 3 is 2.67 bits per heavy atom. The quantitative estimate of drug-likeness (QED) is 0.392. The van der Waals surface area contributed by atoms with Gasteiger partial charge in [0.2, 0.25) is 5.89 Å². The number of fused-ring (bicyclic) bond motifs is 1. The van der Waals surface area contributed by atoms with E-state index in [-0.39, 0.29) is 11.0 Å². The van der Waals surface area contributed by atoms with Crippen LogP contribution < -0.4 is 10.6 Å². The number of hydrogen-bond donors (Lipinski definition) is 2. The van der Waals surface area contributed by atoms with Crippen molar-refractivity contribution in [1.29, 1.82) is 0 Å². The van der Waals surface area contributed by atoms with Gasteiger partial charge in [0.1, 0.15) is 5.52 Å². The number of nitrogens with zero attached hydrogens (tertiary/aromatic N) is 1. The fraction of sp³-hybridized carbons (Fsp3) is 0.0870. The van der Waals surface area contributed by atoms with Crippen LogP contribution in [0.3, 0.4) is 0 Å². The number of rotatable bonds is 3. The van der Waals surface area contributed by atoms with Crippen molar-refractivity contribution in [2.75, 3.05) is 5.32 Å². The lowest BCUT2D eigenvalue weighted by atomic mass is 10.1. The minimum atomic E-state index is -0.285. The van der Waals surface area contributed by atoms with Crippen LogP contribution in [0.15, 0.2) is 65.1 Å². The highest BCUT2D eigenvalue weighted by atomic mass is 35.5. The third-order valence-corrected chi connectivity index (χ3v) is 5.16. The first-order valence-electron chi connectivity index (χ1n) is 9.26. The van der Waals surface area contributed by atoms with E-state index in [9.17, 15) is 4.79 Å². The number of aryl methyl sites for hydroxylation is 2. The maximum absolute atomic E-state index is 12.5. The smallest absolute Gasteiger partial charge is 0.257 e. The summed E-state index contributed by atoms with van der Waals surface area (Å²) in [6.45, 7) is 3.87. The molecular weight excluding hydrogens is 418 g/mol. The molecule has 0 atom stereocenters. The highest BCUT2D eigenvalue weighted by Crippen LogP contribution is 2.30. The molecule has 0 aliphatic heterocycles. The summed E-state index contributed by atoms with van der Waals surface area (Å²) in [5.74, 6) is 0.192. The molecule has 1 heterocycles. The van der Waals surface area contributed by atoms with Crippen molar-refractivity contribution in [3.8, 4) is 11.5 Å². The summed E-state index contributed by atoms with van der Waals surface area (Å²) in [5.41, 5.74) is 5.31. The van der Waals surface area contributed by atoms with Crippen molar-refractivity contribution >= 4 is 51.6 Å². The first-order chi connectivity index (χ1) is 14.4. The molecule has 5 nitrogen and oxygen atoms in total. The third kappa shape index (κ3) is 4.20. The summed E-state index contributed by atoms with van der Waals surface area (Å²) < 4.78 is 5.86. The molecule has 0 saturated heterocycles. The predicted octanol–water partition coefficient (Wildman–Crippen LogP) is 5.89. The maximum atomic E-state index is 12.5. The molecule has 150 valence electrons. The molecule has 0 radical (unpaired) electrons. The molecule has 1 amide bonds. The number of carbonyl (C=O) groups is 1. The molecule has 4 aromatic rings. The van der Waals surface area contributed by atoms with Crippen LogP contribution in [-0.4, -0.2) is 16.0 Å². The maximum Gasteiger partial charge on any atom is 0.257 e. The van der Waals surface area contributed by atoms with Crippen molar-refractivity contribution in [1.82, 2.24) is 10.3 Å². The van der Waals surface area contributed by atoms with Gasteiger partial charge >= 0.3 is 0 Å². The van der Waals surface area contributed by atoms with Crippen molar-refractivity contribution in [3.05, 3.63) is 82.4 Å². The SMILES string of the molecule is Cc1ccc2oc(-c3ccc(Cl)c(NC(=S)NC(=O)c4ccccc4C)c3)nc2c1. The van der Waals surface area contributed by atoms with Gasteiger partial charge in [0.05, 0.1) is 10.7 Å². The van der Waals surface area contributed by atoms with E-state index in [0.29, 0.717) is 27.7 Å². The van der Waals surface area contributed by atoms with Crippen molar-refractivity contribution in [2.45, 2.75) is 13.8 Å². The van der Waals surface area contributed by atoms with Gasteiger partial charge in [0.25, 0.3) is 5.91 Å². The number of halogens is 1. The lowest BCUT2D eigenvalue weighted by Crippen LogP contribution is -2.34. The zero-order valence-corrected chi connectivity index (χ0v) is 17.9. The van der Waals surface area contributed by atoms with Gasteiger partial charge in [-0.2, -0.15) is 0 Å². The van der Waals surface area contributed by atoms with E-state index >= 15 is 0 Å². The summed E-state index contributed by atoms with van der Waals surface area (Å²) in [6, 6.07) is 18.5. The molecule has 0 bridgehead atoms. The van der Waals surface area contributed by atoms with Gasteiger partial charge in [-0.25, -0.2) is 4.98 Å². The number of benzene rings is 3. The fourth-order valence-corrected chi connectivity index (χ4v) is 3.43. The van der Waals surface area contributed by atoms with Crippen LogP contribution in [0.5, 0.6) is 0 Å². The number of carbonyl (C=O) groups excluding carboxylic acids is 1. The van der Waals surface area contributed by atoms with E-state index in [1.807, 2.05) is 50.2 Å². The fourth-order valence-electron chi connectivity index (χ4n) is 3.07. The first-order valence-corrected chi connectivity index (χ1v) is 10.0. The molecule has 1 aromatic heterocycles. The minimum absolute atomic E-state index is 0.149. The summed E-state index contributed by atoms with van der Waals surface area (Å²) >= 11 is 11.6. The second-order valence-corrected chi connectivity index (χ2v) is 7.72. The highest BCUT2D eigenvalue weighted by molar-refractivity contribution is 7.80. The number of nitrogens with one attached hydrogen (secondary N) is 2. The number of hydrogen-bond acceptors (Lipinski definition) is 4. The van der Waals surface area contributed by atoms with Gasteiger partial charge in [-0.15, -0.1) is 0 Å². The van der Waals surface area contributed by atoms with Gasteiger partial charge in [-0.05, 0) is 73.6 Å². The van der Waals surface area contributed by atoms with E-state index in [1.165, 1.54) is 0 Å². The zero-order chi connectivity index (χ0) is 21.3. The molecule has 4 rings (SSSR count). The lowest BCUT2D eigenvalue weighted by molar-refractivity contribution is 0.0977. The molecule has 0 saturated carbocycles. The summed E-state index contributed by atoms with van der Waals surface area (Å²) in [5, 5.41) is 6.27. The van der Waals surface area contributed by atoms with Crippen molar-refractivity contribution in [3.63, 3.8) is 0 Å². The zero-order valence-electron chi connectivity index (χ0n) is 16.3. The Morgan fingerprint density at radius 1 is 1.07 bits per heavy atom. The molecule has 0 unspecified atom stereocenters. The third-order valence-electron chi connectivity index (χ3n) is 4.62. The first kappa shape index (κ1) is 20.1. The molecule has 2 N–H and O–H groups in total. The van der Waals surface area contributed by atoms with Crippen LogP contribution in [0.25, 0.3) is 22.6 Å². The largest absolute Gasteiger partial charge is 0.436 e. The molecule has 0 aliphatic carbocycles. The normalized spacial score (nSPS) is 10.8. The number of amides is 1. The van der Waals surface area contributed by atoms with E-state index in [1.54, 1.807) is 24.3 Å². The van der Waals surface area contributed by atoms with Crippen LogP contribution >= 0.6 is 23.8 Å². The van der Waals surface area contributed by atoms with E-state index in [4.69, 9.17) is 28.2 Å². The number of thiocarbonyl (C=S) groups is 1. The molecular formula is C23H18ClN3O2S. The Hall–Kier alpha value is -3.22. The molecule has 0 aliphatic rings. The standard InChI is InChI=1S/C23H18ClN3O2S/c1-13-7-10-20-19(11-13)25-22(29-20)15-8-9-17(24)18(12-15)26-23(30)27-21(28)16-6-4-3-5-14(16)2/h3-12H,1-2H3,(H2,26,27,28,30). The van der Waals surface area contributed by atoms with Crippen LogP contribution in [0, 0.1) is 13.8 Å². The Morgan fingerprint density at radius 2 is 1.87 bits per heavy atom. The Labute approximate surface area is 184 Å². The molecule has 3 aromatic carbocycles. The number of aromatic nitrogens is 1. The van der Waals surface area contributed by atoms with E-state index in [0.717, 1.165) is 22.2 Å². The summed E-state index contributed by atoms with van der Waals surface area (Å²) in [7, 11) is 0. The molecule has 0 spiro atoms. The topological polar surface area (TPSA) is 67.2 Å². The van der Waals surface area contributed by atoms with Crippen LogP contribution in [0.4, 0.5) is 5.69 Å². The number of oxazole rings is 1. The minimum Gasteiger partial charge on any atom is -0.436 e. The van der Waals surface area contributed by atoms with Crippen LogP contribution in [0.1, 0.15) is 21.5 Å². The number of anilines is 1. The van der Waals surface area contributed by atoms with Gasteiger partial charge < -0.3 is 9.73 Å². The second kappa shape index (κ2) is 8.26. The van der Waals surface area contributed by atoms with Gasteiger partial charge in [-0.3, -0.25) is 10.1 Å². The van der Waals surface area contributed by atoms with Gasteiger partial charge in [0, 0.05) is 11.1 Å². The van der Waals surface area contributed by atoms with Crippen molar-refractivity contribution in [2.24, 2.45) is 0 Å². The molecule has 30 heavy (non-hydrogen) atoms. The highest BCUT2D eigenvalue weighted by Gasteiger charge is 2.14. The van der Waals surface area contributed by atoms with E-state index < -0.39 is 0 Å². The average molecular weight is 436 g/mol. The average Bonchev–Trinajstić information content (AvgIpc) is 3.13. The summed E-state index contributed by atoms with van der Waals surface area (Å²) in [4.78, 5) is 17.0. The monoisotopic (exact) mass is 435 g/mol. The lowest BCUT2D eigenvalue weighted by Gasteiger charge is -2.12. The predicted molar refractivity (Wildman–Crippen MR) is 124 cm³/mol. The van der Waals surface area contributed by atoms with Gasteiger partial charge in [-0.1, -0.05) is 35.9 Å². The van der Waals surface area contributed by atoms with Crippen LogP contribution in [-0.2, 0) is 0 Å². The molecule has 0 fully saturated rings. The molecule has 7 heteroatoms. The van der Waals surface area contributed by atoms with Crippen LogP contribution in [0.2, 0.25) is 5.02 Å². The van der Waals surface area contributed by atoms with E-state index in [2.05, 4.69) is 15.6 Å². The second-order valence-electron chi connectivity index (χ2n) is 6.91. The Balaban J connectivity index is 1.55. The Bertz CT molecular complexity index is 1280. The van der Waals surface area contributed by atoms with Crippen molar-refractivity contribution < 1.29 is 9.21 Å².